The normalized spacial score (nSPS) is 10.2. The van der Waals surface area contributed by atoms with Crippen LogP contribution in [0.15, 0.2) is 12.1 Å². The second-order valence-electron chi connectivity index (χ2n) is 3.24. The largest absolute Gasteiger partial charge is 0.490 e. The lowest BCUT2D eigenvalue weighted by Gasteiger charge is -2.11. The van der Waals surface area contributed by atoms with E-state index in [4.69, 9.17) is 26.8 Å². The maximum atomic E-state index is 11.2. The third-order valence-electron chi connectivity index (χ3n) is 2.07. The van der Waals surface area contributed by atoms with Crippen molar-refractivity contribution >= 4 is 23.1 Å². The molecule has 0 saturated carbocycles. The molecule has 1 aromatic rings. The third-order valence-corrected chi connectivity index (χ3v) is 2.46. The number of carbonyl (C=O) groups is 1. The molecule has 4 nitrogen and oxygen atoms in total. The summed E-state index contributed by atoms with van der Waals surface area (Å²) < 4.78 is 10.2. The van der Waals surface area contributed by atoms with Crippen LogP contribution in [0.5, 0.6) is 5.75 Å². The fraction of sp³-hybridized carbons (Fsp3) is 0.364. The van der Waals surface area contributed by atoms with Crippen molar-refractivity contribution in [1.82, 2.24) is 0 Å². The maximum absolute atomic E-state index is 11.2. The van der Waals surface area contributed by atoms with Gasteiger partial charge in [0.25, 0.3) is 0 Å². The van der Waals surface area contributed by atoms with E-state index in [2.05, 4.69) is 0 Å². The van der Waals surface area contributed by atoms with Crippen LogP contribution < -0.4 is 10.5 Å². The summed E-state index contributed by atoms with van der Waals surface area (Å²) in [6.07, 6.45) is 0. The number of benzene rings is 1. The van der Waals surface area contributed by atoms with Gasteiger partial charge in [0.05, 0.1) is 12.3 Å². The van der Waals surface area contributed by atoms with Gasteiger partial charge in [-0.05, 0) is 19.1 Å². The second-order valence-corrected chi connectivity index (χ2v) is 3.61. The number of methoxy groups -OCH3 is 1. The predicted octanol–water partition coefficient (Wildman–Crippen LogP) is 2.15. The van der Waals surface area contributed by atoms with Crippen molar-refractivity contribution in [2.75, 3.05) is 26.1 Å². The monoisotopic (exact) mass is 243 g/mol. The SMILES string of the molecule is COCCOc1ccc(C(C)=O)c(N)c1Cl. The molecule has 0 aromatic heterocycles. The topological polar surface area (TPSA) is 61.5 Å². The van der Waals surface area contributed by atoms with Crippen LogP contribution in [0.3, 0.4) is 0 Å². The van der Waals surface area contributed by atoms with Gasteiger partial charge in [-0.3, -0.25) is 4.79 Å². The van der Waals surface area contributed by atoms with Crippen molar-refractivity contribution in [3.8, 4) is 5.75 Å². The van der Waals surface area contributed by atoms with Gasteiger partial charge < -0.3 is 15.2 Å². The molecule has 0 bridgehead atoms. The molecule has 0 unspecified atom stereocenters. The van der Waals surface area contributed by atoms with E-state index in [9.17, 15) is 4.79 Å². The molecule has 0 atom stereocenters. The Hall–Kier alpha value is -1.26. The van der Waals surface area contributed by atoms with E-state index in [0.717, 1.165) is 0 Å². The highest BCUT2D eigenvalue weighted by atomic mass is 35.5. The standard InChI is InChI=1S/C11H14ClNO3/c1-7(14)8-3-4-9(10(12)11(8)13)16-6-5-15-2/h3-4H,5-6,13H2,1-2H3. The summed E-state index contributed by atoms with van der Waals surface area (Å²) in [5.74, 6) is 0.337. The minimum absolute atomic E-state index is 0.122. The van der Waals surface area contributed by atoms with Crippen molar-refractivity contribution in [1.29, 1.82) is 0 Å². The Balaban J connectivity index is 2.89. The van der Waals surface area contributed by atoms with Crippen LogP contribution in [0.1, 0.15) is 17.3 Å². The first-order valence-corrected chi connectivity index (χ1v) is 5.16. The minimum atomic E-state index is -0.122. The highest BCUT2D eigenvalue weighted by molar-refractivity contribution is 6.35. The maximum Gasteiger partial charge on any atom is 0.161 e. The highest BCUT2D eigenvalue weighted by Crippen LogP contribution is 2.33. The number of carbonyl (C=O) groups excluding carboxylic acids is 1. The van der Waals surface area contributed by atoms with Gasteiger partial charge in [-0.1, -0.05) is 11.6 Å². The first-order valence-electron chi connectivity index (χ1n) is 4.78. The summed E-state index contributed by atoms with van der Waals surface area (Å²) in [5, 5.41) is 0.267. The van der Waals surface area contributed by atoms with Gasteiger partial charge >= 0.3 is 0 Å². The molecule has 0 radical (unpaired) electrons. The molecule has 0 spiro atoms. The molecule has 0 fully saturated rings. The summed E-state index contributed by atoms with van der Waals surface area (Å²) in [6, 6.07) is 3.23. The quantitative estimate of drug-likeness (QED) is 0.489. The van der Waals surface area contributed by atoms with E-state index in [1.54, 1.807) is 19.2 Å². The number of ketones is 1. The summed E-state index contributed by atoms with van der Waals surface area (Å²) in [4.78, 5) is 11.2. The van der Waals surface area contributed by atoms with E-state index in [0.29, 0.717) is 24.5 Å². The van der Waals surface area contributed by atoms with Crippen molar-refractivity contribution in [3.63, 3.8) is 0 Å². The van der Waals surface area contributed by atoms with Crippen molar-refractivity contribution < 1.29 is 14.3 Å². The average molecular weight is 244 g/mol. The zero-order chi connectivity index (χ0) is 12.1. The third kappa shape index (κ3) is 2.87. The van der Waals surface area contributed by atoms with E-state index in [-0.39, 0.29) is 16.5 Å². The van der Waals surface area contributed by atoms with Crippen LogP contribution in [0.2, 0.25) is 5.02 Å². The number of anilines is 1. The lowest BCUT2D eigenvalue weighted by atomic mass is 10.1. The van der Waals surface area contributed by atoms with Gasteiger partial charge in [0, 0.05) is 12.7 Å². The lowest BCUT2D eigenvalue weighted by molar-refractivity contribution is 0.101. The van der Waals surface area contributed by atoms with E-state index in [1.165, 1.54) is 6.92 Å². The van der Waals surface area contributed by atoms with Gasteiger partial charge in [0.15, 0.2) is 5.78 Å². The number of rotatable bonds is 5. The lowest BCUT2D eigenvalue weighted by Crippen LogP contribution is -2.06. The van der Waals surface area contributed by atoms with Gasteiger partial charge in [0.2, 0.25) is 0 Å². The molecule has 0 aliphatic rings. The molecule has 0 saturated heterocycles. The zero-order valence-electron chi connectivity index (χ0n) is 9.25. The summed E-state index contributed by atoms with van der Waals surface area (Å²) in [7, 11) is 1.58. The summed E-state index contributed by atoms with van der Waals surface area (Å²) >= 11 is 5.98. The van der Waals surface area contributed by atoms with Crippen LogP contribution in [0, 0.1) is 0 Å². The molecule has 0 amide bonds. The first kappa shape index (κ1) is 12.8. The van der Waals surface area contributed by atoms with Gasteiger partial charge in [-0.25, -0.2) is 0 Å². The molecule has 2 N–H and O–H groups in total. The van der Waals surface area contributed by atoms with Gasteiger partial charge in [-0.15, -0.1) is 0 Å². The molecular formula is C11H14ClNO3. The van der Waals surface area contributed by atoms with Crippen LogP contribution in [0.25, 0.3) is 0 Å². The Labute approximate surface area is 99.3 Å². The van der Waals surface area contributed by atoms with E-state index >= 15 is 0 Å². The Morgan fingerprint density at radius 3 is 2.69 bits per heavy atom. The van der Waals surface area contributed by atoms with Crippen LogP contribution in [-0.2, 0) is 4.74 Å². The molecule has 16 heavy (non-hydrogen) atoms. The molecule has 1 aromatic carbocycles. The zero-order valence-corrected chi connectivity index (χ0v) is 10.0. The Bertz CT molecular complexity index is 393. The molecule has 0 heterocycles. The van der Waals surface area contributed by atoms with Crippen LogP contribution >= 0.6 is 11.6 Å². The average Bonchev–Trinajstić information content (AvgIpc) is 2.24. The Kier molecular flexibility index (Phi) is 4.58. The molecule has 88 valence electrons. The van der Waals surface area contributed by atoms with E-state index < -0.39 is 0 Å². The molecule has 0 aliphatic carbocycles. The van der Waals surface area contributed by atoms with E-state index in [1.807, 2.05) is 0 Å². The molecule has 0 aliphatic heterocycles. The fourth-order valence-electron chi connectivity index (χ4n) is 1.23. The Morgan fingerprint density at radius 1 is 1.44 bits per heavy atom. The fourth-order valence-corrected chi connectivity index (χ4v) is 1.45. The summed E-state index contributed by atoms with van der Waals surface area (Å²) in [6.45, 7) is 2.28. The van der Waals surface area contributed by atoms with Crippen molar-refractivity contribution in [3.05, 3.63) is 22.7 Å². The van der Waals surface area contributed by atoms with Crippen LogP contribution in [0.4, 0.5) is 5.69 Å². The van der Waals surface area contributed by atoms with Gasteiger partial charge in [0.1, 0.15) is 17.4 Å². The summed E-state index contributed by atoms with van der Waals surface area (Å²) in [5.41, 5.74) is 6.38. The number of hydrogen-bond acceptors (Lipinski definition) is 4. The predicted molar refractivity (Wildman–Crippen MR) is 63.2 cm³/mol. The van der Waals surface area contributed by atoms with Crippen molar-refractivity contribution in [2.24, 2.45) is 0 Å². The smallest absolute Gasteiger partial charge is 0.161 e. The highest BCUT2D eigenvalue weighted by Gasteiger charge is 2.12. The van der Waals surface area contributed by atoms with Gasteiger partial charge in [-0.2, -0.15) is 0 Å². The number of halogens is 1. The van der Waals surface area contributed by atoms with Crippen LogP contribution in [-0.4, -0.2) is 26.1 Å². The minimum Gasteiger partial charge on any atom is -0.490 e. The Morgan fingerprint density at radius 2 is 2.12 bits per heavy atom. The molecular weight excluding hydrogens is 230 g/mol. The second kappa shape index (κ2) is 5.72. The number of hydrogen-bond donors (Lipinski definition) is 1. The number of nitrogens with two attached hydrogens (primary N) is 1. The number of Topliss-reactive ketones (excluding diaryl/α,β-unsaturated/α-hetero) is 1. The molecule has 1 rings (SSSR count). The first-order chi connectivity index (χ1) is 7.57. The number of ether oxygens (including phenoxy) is 2. The number of nitrogen functional groups attached to an aromatic ring is 1. The molecule has 5 heteroatoms. The van der Waals surface area contributed by atoms with Crippen molar-refractivity contribution in [2.45, 2.75) is 6.92 Å².